The van der Waals surface area contributed by atoms with E-state index in [0.717, 1.165) is 22.3 Å². The molecule has 0 aliphatic rings. The molecule has 2 aromatic rings. The Morgan fingerprint density at radius 3 is 2.63 bits per heavy atom. The van der Waals surface area contributed by atoms with Crippen molar-refractivity contribution in [1.82, 2.24) is 19.3 Å². The summed E-state index contributed by atoms with van der Waals surface area (Å²) in [4.78, 5) is 25.3. The van der Waals surface area contributed by atoms with Crippen molar-refractivity contribution in [2.75, 3.05) is 0 Å². The first-order valence-corrected chi connectivity index (χ1v) is 7.22. The zero-order valence-corrected chi connectivity index (χ0v) is 13.6. The largest absolute Gasteiger partial charge is 0.328 e. The normalized spacial score (nSPS) is 10.9. The van der Waals surface area contributed by atoms with E-state index < -0.39 is 11.2 Å². The van der Waals surface area contributed by atoms with Gasteiger partial charge in [0.1, 0.15) is 0 Å². The number of hydrogen-bond acceptors (Lipinski definition) is 3. The number of aromatic nitrogens is 4. The topological polar surface area (TPSA) is 72.7 Å². The van der Waals surface area contributed by atoms with E-state index in [0.29, 0.717) is 11.0 Å². The van der Waals surface area contributed by atoms with Crippen LogP contribution in [0, 0.1) is 0 Å². The zero-order chi connectivity index (χ0) is 14.2. The number of rotatable bonds is 3. The second kappa shape index (κ2) is 5.46. The van der Waals surface area contributed by atoms with E-state index in [-0.39, 0.29) is 0 Å². The molecule has 0 amide bonds. The monoisotopic (exact) mass is 390 g/mol. The number of nitrogens with one attached hydrogen (secondary N) is 1. The molecule has 0 aliphatic carbocycles. The van der Waals surface area contributed by atoms with Gasteiger partial charge in [0.25, 0.3) is 5.56 Å². The Bertz CT molecular complexity index is 729. The summed E-state index contributed by atoms with van der Waals surface area (Å²) in [6.07, 6.45) is 2.28. The van der Waals surface area contributed by atoms with Crippen LogP contribution in [0.5, 0.6) is 0 Å². The van der Waals surface area contributed by atoms with E-state index >= 15 is 0 Å². The molecule has 19 heavy (non-hydrogen) atoms. The van der Waals surface area contributed by atoms with E-state index in [1.54, 1.807) is 4.68 Å². The van der Waals surface area contributed by atoms with Crippen LogP contribution in [0.4, 0.5) is 0 Å². The van der Waals surface area contributed by atoms with Crippen LogP contribution in [-0.2, 0) is 20.0 Å². The first kappa shape index (κ1) is 14.3. The molecule has 102 valence electrons. The Balaban J connectivity index is 2.48. The molecule has 0 saturated heterocycles. The molecular formula is C11H12Br2N4O2. The lowest BCUT2D eigenvalue weighted by atomic mass is 10.3. The first-order chi connectivity index (χ1) is 8.93. The lowest BCUT2D eigenvalue weighted by molar-refractivity contribution is 0.633. The Kier molecular flexibility index (Phi) is 4.10. The van der Waals surface area contributed by atoms with Gasteiger partial charge in [0.2, 0.25) is 0 Å². The molecule has 1 N–H and O–H groups in total. The highest BCUT2D eigenvalue weighted by atomic mass is 79.9. The predicted molar refractivity (Wildman–Crippen MR) is 78.4 cm³/mol. The smallest absolute Gasteiger partial charge is 0.293 e. The number of halogens is 2. The number of H-pyrrole nitrogens is 1. The number of aromatic amines is 1. The van der Waals surface area contributed by atoms with Gasteiger partial charge in [0.05, 0.1) is 26.9 Å². The predicted octanol–water partition coefficient (Wildman–Crippen LogP) is 1.41. The summed E-state index contributed by atoms with van der Waals surface area (Å²) in [5.74, 6) is 0. The van der Waals surface area contributed by atoms with Crippen molar-refractivity contribution < 1.29 is 0 Å². The Hall–Kier alpha value is -1.15. The lowest BCUT2D eigenvalue weighted by Gasteiger charge is -2.06. The molecule has 0 unspecified atom stereocenters. The molecule has 0 saturated carbocycles. The van der Waals surface area contributed by atoms with E-state index in [1.807, 2.05) is 14.0 Å². The third-order valence-corrected chi connectivity index (χ3v) is 4.27. The third-order valence-electron chi connectivity index (χ3n) is 2.79. The minimum absolute atomic E-state index is 0.320. The van der Waals surface area contributed by atoms with Crippen molar-refractivity contribution in [2.24, 2.45) is 7.05 Å². The van der Waals surface area contributed by atoms with Gasteiger partial charge in [0.15, 0.2) is 0 Å². The molecule has 0 aliphatic heterocycles. The van der Waals surface area contributed by atoms with Crippen molar-refractivity contribution in [3.05, 3.63) is 47.4 Å². The Morgan fingerprint density at radius 1 is 1.37 bits per heavy atom. The SMILES string of the molecule is CCc1nn(C)c(Cn2cc(Br)c(=O)[nH]c2=O)c1Br. The minimum atomic E-state index is -0.445. The van der Waals surface area contributed by atoms with Gasteiger partial charge in [-0.2, -0.15) is 5.10 Å². The van der Waals surface area contributed by atoms with Crippen LogP contribution in [0.3, 0.4) is 0 Å². The molecular weight excluding hydrogens is 380 g/mol. The maximum Gasteiger partial charge on any atom is 0.328 e. The Morgan fingerprint density at radius 2 is 2.05 bits per heavy atom. The molecule has 6 nitrogen and oxygen atoms in total. The average Bonchev–Trinajstić information content (AvgIpc) is 2.63. The summed E-state index contributed by atoms with van der Waals surface area (Å²) in [6, 6.07) is 0. The van der Waals surface area contributed by atoms with Crippen LogP contribution in [0.1, 0.15) is 18.3 Å². The van der Waals surface area contributed by atoms with E-state index in [2.05, 4.69) is 41.9 Å². The van der Waals surface area contributed by atoms with Gasteiger partial charge in [-0.3, -0.25) is 19.0 Å². The molecule has 0 bridgehead atoms. The summed E-state index contributed by atoms with van der Waals surface area (Å²) in [7, 11) is 1.82. The van der Waals surface area contributed by atoms with Crippen LogP contribution >= 0.6 is 31.9 Å². The fourth-order valence-corrected chi connectivity index (χ4v) is 2.84. The van der Waals surface area contributed by atoms with Gasteiger partial charge < -0.3 is 0 Å². The van der Waals surface area contributed by atoms with Gasteiger partial charge in [-0.1, -0.05) is 6.92 Å². The van der Waals surface area contributed by atoms with Crippen LogP contribution in [0.2, 0.25) is 0 Å². The summed E-state index contributed by atoms with van der Waals surface area (Å²) in [6.45, 7) is 2.35. The van der Waals surface area contributed by atoms with E-state index in [1.165, 1.54) is 10.8 Å². The Labute approximate surface area is 125 Å². The van der Waals surface area contributed by atoms with Gasteiger partial charge in [-0.05, 0) is 38.3 Å². The van der Waals surface area contributed by atoms with E-state index in [9.17, 15) is 9.59 Å². The molecule has 0 atom stereocenters. The fraction of sp³-hybridized carbons (Fsp3) is 0.364. The highest BCUT2D eigenvalue weighted by molar-refractivity contribution is 9.10. The molecule has 2 aromatic heterocycles. The third kappa shape index (κ3) is 2.74. The molecule has 0 spiro atoms. The number of nitrogens with zero attached hydrogens (tertiary/aromatic N) is 3. The van der Waals surface area contributed by atoms with Crippen LogP contribution in [0.15, 0.2) is 24.7 Å². The maximum absolute atomic E-state index is 11.7. The van der Waals surface area contributed by atoms with Crippen molar-refractivity contribution in [1.29, 1.82) is 0 Å². The zero-order valence-electron chi connectivity index (χ0n) is 10.4. The van der Waals surface area contributed by atoms with Crippen molar-refractivity contribution in [3.63, 3.8) is 0 Å². The second-order valence-electron chi connectivity index (χ2n) is 4.05. The average molecular weight is 392 g/mol. The quantitative estimate of drug-likeness (QED) is 0.859. The van der Waals surface area contributed by atoms with Crippen LogP contribution < -0.4 is 11.2 Å². The molecule has 0 aromatic carbocycles. The van der Waals surface area contributed by atoms with Gasteiger partial charge in [-0.25, -0.2) is 4.79 Å². The van der Waals surface area contributed by atoms with Gasteiger partial charge >= 0.3 is 5.69 Å². The fourth-order valence-electron chi connectivity index (χ4n) is 1.75. The number of aryl methyl sites for hydroxylation is 2. The minimum Gasteiger partial charge on any atom is -0.293 e. The maximum atomic E-state index is 11.7. The molecule has 0 radical (unpaired) electrons. The summed E-state index contributed by atoms with van der Waals surface area (Å²) in [5.41, 5.74) is 0.936. The highest BCUT2D eigenvalue weighted by Gasteiger charge is 2.14. The summed E-state index contributed by atoms with van der Waals surface area (Å²) >= 11 is 6.61. The molecule has 2 heterocycles. The standard InChI is InChI=1S/C11H12Br2N4O2/c1-3-7-9(13)8(16(2)15-7)5-17-4-6(12)10(18)14-11(17)19/h4H,3,5H2,1-2H3,(H,14,18,19). The second-order valence-corrected chi connectivity index (χ2v) is 5.70. The first-order valence-electron chi connectivity index (χ1n) is 5.63. The van der Waals surface area contributed by atoms with Crippen molar-refractivity contribution in [2.45, 2.75) is 19.9 Å². The van der Waals surface area contributed by atoms with Gasteiger partial charge in [0, 0.05) is 13.2 Å². The van der Waals surface area contributed by atoms with E-state index in [4.69, 9.17) is 0 Å². The van der Waals surface area contributed by atoms with Crippen LogP contribution in [0.25, 0.3) is 0 Å². The highest BCUT2D eigenvalue weighted by Crippen LogP contribution is 2.22. The molecule has 2 rings (SSSR count). The lowest BCUT2D eigenvalue weighted by Crippen LogP contribution is -2.30. The summed E-state index contributed by atoms with van der Waals surface area (Å²) < 4.78 is 4.37. The van der Waals surface area contributed by atoms with Crippen molar-refractivity contribution >= 4 is 31.9 Å². The number of hydrogen-bond donors (Lipinski definition) is 1. The molecule has 8 heteroatoms. The van der Waals surface area contributed by atoms with Gasteiger partial charge in [-0.15, -0.1) is 0 Å². The van der Waals surface area contributed by atoms with Crippen molar-refractivity contribution in [3.8, 4) is 0 Å². The summed E-state index contributed by atoms with van der Waals surface area (Å²) in [5, 5.41) is 4.37. The molecule has 0 fully saturated rings. The van der Waals surface area contributed by atoms with Crippen LogP contribution in [-0.4, -0.2) is 19.3 Å².